The molecular formula is C21H22F3NO6S2. The van der Waals surface area contributed by atoms with Crippen molar-refractivity contribution in [3.8, 4) is 0 Å². The SMILES string of the molecule is O=C(O)[C@H]1CC[C@H](CNS(=O)(=O)c2cc(S(=O)(=O)c3ccccc3)ccc2C(F)(F)F)CC1. The Hall–Kier alpha value is -2.44. The summed E-state index contributed by atoms with van der Waals surface area (Å²) in [6.45, 7) is -0.179. The van der Waals surface area contributed by atoms with Crippen molar-refractivity contribution in [2.45, 2.75) is 46.5 Å². The zero-order valence-electron chi connectivity index (χ0n) is 17.2. The number of carboxylic acids is 1. The number of nitrogens with one attached hydrogen (secondary N) is 1. The van der Waals surface area contributed by atoms with Crippen LogP contribution >= 0.6 is 0 Å². The van der Waals surface area contributed by atoms with Crippen LogP contribution in [0.5, 0.6) is 0 Å². The van der Waals surface area contributed by atoms with Gasteiger partial charge in [-0.2, -0.15) is 13.2 Å². The summed E-state index contributed by atoms with van der Waals surface area (Å²) >= 11 is 0. The van der Waals surface area contributed by atoms with E-state index in [-0.39, 0.29) is 17.4 Å². The standard InChI is InChI=1S/C21H22F3NO6S2/c22-21(23,24)18-11-10-17(32(28,29)16-4-2-1-3-5-16)12-19(18)33(30,31)25-13-14-6-8-15(9-7-14)20(26)27/h1-5,10-12,14-15,25H,6-9,13H2,(H,26,27)/t14-,15-. The molecule has 0 radical (unpaired) electrons. The molecule has 0 spiro atoms. The van der Waals surface area contributed by atoms with E-state index in [0.29, 0.717) is 37.8 Å². The maximum Gasteiger partial charge on any atom is 0.417 e. The van der Waals surface area contributed by atoms with Crippen molar-refractivity contribution in [2.24, 2.45) is 11.8 Å². The summed E-state index contributed by atoms with van der Waals surface area (Å²) in [7, 11) is -8.97. The lowest BCUT2D eigenvalue weighted by molar-refractivity contribution is -0.143. The van der Waals surface area contributed by atoms with Gasteiger partial charge in [0.25, 0.3) is 0 Å². The first kappa shape index (κ1) is 25.2. The van der Waals surface area contributed by atoms with E-state index in [1.54, 1.807) is 6.07 Å². The highest BCUT2D eigenvalue weighted by atomic mass is 32.2. The van der Waals surface area contributed by atoms with Crippen LogP contribution in [0.1, 0.15) is 31.2 Å². The van der Waals surface area contributed by atoms with Crippen LogP contribution in [0.3, 0.4) is 0 Å². The highest BCUT2D eigenvalue weighted by molar-refractivity contribution is 7.91. The summed E-state index contributed by atoms with van der Waals surface area (Å²) in [4.78, 5) is 9.10. The predicted octanol–water partition coefficient (Wildman–Crippen LogP) is 3.71. The zero-order chi connectivity index (χ0) is 24.4. The van der Waals surface area contributed by atoms with Gasteiger partial charge in [-0.3, -0.25) is 4.79 Å². The molecule has 3 rings (SSSR count). The van der Waals surface area contributed by atoms with Gasteiger partial charge in [0.15, 0.2) is 0 Å². The van der Waals surface area contributed by atoms with Crippen molar-refractivity contribution < 1.29 is 39.9 Å². The molecule has 0 saturated heterocycles. The second kappa shape index (κ2) is 9.43. The van der Waals surface area contributed by atoms with Gasteiger partial charge < -0.3 is 5.11 Å². The molecule has 1 fully saturated rings. The number of sulfone groups is 1. The van der Waals surface area contributed by atoms with E-state index < -0.39 is 53.3 Å². The van der Waals surface area contributed by atoms with Crippen molar-refractivity contribution in [3.05, 3.63) is 54.1 Å². The minimum absolute atomic E-state index is 0.179. The summed E-state index contributed by atoms with van der Waals surface area (Å²) in [6.07, 6.45) is -3.51. The van der Waals surface area contributed by atoms with Crippen LogP contribution in [0.15, 0.2) is 63.2 Å². The van der Waals surface area contributed by atoms with Crippen LogP contribution in [0.25, 0.3) is 0 Å². The largest absolute Gasteiger partial charge is 0.481 e. The molecule has 2 aromatic rings. The Morgan fingerprint density at radius 2 is 1.55 bits per heavy atom. The minimum Gasteiger partial charge on any atom is -0.481 e. The van der Waals surface area contributed by atoms with Gasteiger partial charge in [-0.15, -0.1) is 0 Å². The van der Waals surface area contributed by atoms with Gasteiger partial charge in [-0.25, -0.2) is 21.6 Å². The third kappa shape index (κ3) is 5.74. The monoisotopic (exact) mass is 505 g/mol. The van der Waals surface area contributed by atoms with Crippen LogP contribution in [-0.4, -0.2) is 34.5 Å². The Morgan fingerprint density at radius 1 is 0.939 bits per heavy atom. The zero-order valence-corrected chi connectivity index (χ0v) is 18.9. The Kier molecular flexibility index (Phi) is 7.20. The lowest BCUT2D eigenvalue weighted by Gasteiger charge is -2.26. The molecular weight excluding hydrogens is 483 g/mol. The predicted molar refractivity (Wildman–Crippen MR) is 112 cm³/mol. The molecule has 0 aromatic heterocycles. The molecule has 2 N–H and O–H groups in total. The first-order chi connectivity index (χ1) is 15.3. The number of sulfonamides is 1. The summed E-state index contributed by atoms with van der Waals surface area (Å²) in [6, 6.07) is 8.66. The lowest BCUT2D eigenvalue weighted by Crippen LogP contribution is -2.33. The molecule has 12 heteroatoms. The number of benzene rings is 2. The van der Waals surface area contributed by atoms with Crippen molar-refractivity contribution in [1.82, 2.24) is 4.72 Å². The van der Waals surface area contributed by atoms with Gasteiger partial charge in [0, 0.05) is 6.54 Å². The number of alkyl halides is 3. The molecule has 180 valence electrons. The van der Waals surface area contributed by atoms with Gasteiger partial charge in [0.1, 0.15) is 0 Å². The quantitative estimate of drug-likeness (QED) is 0.593. The van der Waals surface area contributed by atoms with E-state index in [9.17, 15) is 34.8 Å². The van der Waals surface area contributed by atoms with Gasteiger partial charge in [0.05, 0.1) is 26.2 Å². The van der Waals surface area contributed by atoms with Crippen LogP contribution < -0.4 is 4.72 Å². The fraction of sp³-hybridized carbons (Fsp3) is 0.381. The summed E-state index contributed by atoms with van der Waals surface area (Å²) in [5, 5.41) is 9.05. The second-order valence-corrected chi connectivity index (χ2v) is 11.6. The van der Waals surface area contributed by atoms with Gasteiger partial charge in [-0.1, -0.05) is 18.2 Å². The van der Waals surface area contributed by atoms with E-state index in [2.05, 4.69) is 4.72 Å². The molecule has 0 atom stereocenters. The van der Waals surface area contributed by atoms with E-state index in [1.807, 2.05) is 0 Å². The van der Waals surface area contributed by atoms with Crippen molar-refractivity contribution in [1.29, 1.82) is 0 Å². The Labute approximate surface area is 189 Å². The molecule has 1 saturated carbocycles. The molecule has 1 aliphatic carbocycles. The van der Waals surface area contributed by atoms with Crippen LogP contribution in [0.2, 0.25) is 0 Å². The van der Waals surface area contributed by atoms with Crippen molar-refractivity contribution in [3.63, 3.8) is 0 Å². The topological polar surface area (TPSA) is 118 Å². The Balaban J connectivity index is 1.91. The number of aliphatic carboxylic acids is 1. The normalized spacial score (nSPS) is 19.8. The molecule has 0 aliphatic heterocycles. The van der Waals surface area contributed by atoms with E-state index in [1.165, 1.54) is 24.3 Å². The summed E-state index contributed by atoms with van der Waals surface area (Å²) in [5.74, 6) is -1.68. The molecule has 0 amide bonds. The first-order valence-corrected chi connectivity index (χ1v) is 13.0. The number of carbonyl (C=O) groups is 1. The van der Waals surface area contributed by atoms with Crippen LogP contribution in [0.4, 0.5) is 13.2 Å². The number of rotatable bonds is 7. The Morgan fingerprint density at radius 3 is 2.09 bits per heavy atom. The molecule has 1 aliphatic rings. The fourth-order valence-electron chi connectivity index (χ4n) is 3.78. The average molecular weight is 506 g/mol. The van der Waals surface area contributed by atoms with Crippen LogP contribution in [0, 0.1) is 11.8 Å². The summed E-state index contributed by atoms with van der Waals surface area (Å²) in [5.41, 5.74) is -1.48. The molecule has 0 heterocycles. The molecule has 0 bridgehead atoms. The van der Waals surface area contributed by atoms with Crippen molar-refractivity contribution in [2.75, 3.05) is 6.54 Å². The van der Waals surface area contributed by atoms with E-state index in [4.69, 9.17) is 5.11 Å². The smallest absolute Gasteiger partial charge is 0.417 e. The summed E-state index contributed by atoms with van der Waals surface area (Å²) < 4.78 is 94.1. The van der Waals surface area contributed by atoms with Gasteiger partial charge in [0.2, 0.25) is 19.9 Å². The third-order valence-corrected chi connectivity index (χ3v) is 8.90. The van der Waals surface area contributed by atoms with E-state index >= 15 is 0 Å². The van der Waals surface area contributed by atoms with E-state index in [0.717, 1.165) is 6.07 Å². The molecule has 0 unspecified atom stereocenters. The van der Waals surface area contributed by atoms with Gasteiger partial charge in [-0.05, 0) is 61.9 Å². The first-order valence-electron chi connectivity index (χ1n) is 10.1. The second-order valence-electron chi connectivity index (χ2n) is 7.88. The lowest BCUT2D eigenvalue weighted by atomic mass is 9.82. The number of halogens is 3. The molecule has 7 nitrogen and oxygen atoms in total. The van der Waals surface area contributed by atoms with Crippen molar-refractivity contribution >= 4 is 25.8 Å². The molecule has 2 aromatic carbocycles. The molecule has 33 heavy (non-hydrogen) atoms. The minimum atomic E-state index is -5.03. The highest BCUT2D eigenvalue weighted by Crippen LogP contribution is 2.36. The Bertz CT molecular complexity index is 1220. The van der Waals surface area contributed by atoms with Crippen LogP contribution in [-0.2, 0) is 30.8 Å². The third-order valence-electron chi connectivity index (χ3n) is 5.67. The maximum atomic E-state index is 13.5. The average Bonchev–Trinajstić information content (AvgIpc) is 2.77. The number of hydrogen-bond acceptors (Lipinski definition) is 5. The fourth-order valence-corrected chi connectivity index (χ4v) is 6.53. The number of hydrogen-bond donors (Lipinski definition) is 2. The maximum absolute atomic E-state index is 13.5. The highest BCUT2D eigenvalue weighted by Gasteiger charge is 2.38. The number of carboxylic acid groups (broad SMARTS) is 1. The van der Waals surface area contributed by atoms with Gasteiger partial charge >= 0.3 is 12.1 Å².